The predicted molar refractivity (Wildman–Crippen MR) is 72.3 cm³/mol. The fourth-order valence-electron chi connectivity index (χ4n) is 1.73. The van der Waals surface area contributed by atoms with Crippen LogP contribution in [0.2, 0.25) is 0 Å². The van der Waals surface area contributed by atoms with Gasteiger partial charge in [-0.25, -0.2) is 0 Å². The number of nitrogens with zero attached hydrogens (tertiary/aromatic N) is 1. The van der Waals surface area contributed by atoms with Crippen molar-refractivity contribution in [2.45, 2.75) is 12.8 Å². The molecule has 0 amide bonds. The quantitative estimate of drug-likeness (QED) is 0.939. The molecule has 1 heterocycles. The van der Waals surface area contributed by atoms with Gasteiger partial charge in [-0.1, -0.05) is 17.3 Å². The van der Waals surface area contributed by atoms with Crippen molar-refractivity contribution in [1.29, 1.82) is 0 Å². The molecule has 0 bridgehead atoms. The van der Waals surface area contributed by atoms with Crippen LogP contribution in [-0.4, -0.2) is 11.8 Å². The van der Waals surface area contributed by atoms with E-state index in [0.717, 1.165) is 28.3 Å². The Labute approximate surface area is 113 Å². The monoisotopic (exact) mass is 308 g/mol. The molecule has 1 fully saturated rings. The average Bonchev–Trinajstić information content (AvgIpc) is 3.09. The lowest BCUT2D eigenvalue weighted by molar-refractivity contribution is 0.298. The number of hydrogen-bond donors (Lipinski definition) is 1. The molecule has 0 aliphatic heterocycles. The topological polar surface area (TPSA) is 61.3 Å². The SMILES string of the molecule is Nc1cc(-c2cccc(OCC3CC3)c2Br)no1. The lowest BCUT2D eigenvalue weighted by Gasteiger charge is -2.09. The number of rotatable bonds is 4. The average molecular weight is 309 g/mol. The molecule has 5 heteroatoms. The van der Waals surface area contributed by atoms with Gasteiger partial charge in [0.25, 0.3) is 0 Å². The first kappa shape index (κ1) is 11.6. The van der Waals surface area contributed by atoms with Gasteiger partial charge in [0, 0.05) is 11.6 Å². The largest absolute Gasteiger partial charge is 0.492 e. The normalized spacial score (nSPS) is 14.7. The van der Waals surface area contributed by atoms with Crippen LogP contribution in [0.15, 0.2) is 33.3 Å². The van der Waals surface area contributed by atoms with Crippen LogP contribution < -0.4 is 10.5 Å². The third kappa shape index (κ3) is 2.36. The van der Waals surface area contributed by atoms with Crippen LogP contribution in [0.4, 0.5) is 5.88 Å². The Morgan fingerprint density at radius 1 is 1.44 bits per heavy atom. The van der Waals surface area contributed by atoms with Crippen LogP contribution in [0, 0.1) is 5.92 Å². The zero-order valence-corrected chi connectivity index (χ0v) is 11.3. The predicted octanol–water partition coefficient (Wildman–Crippen LogP) is 3.48. The van der Waals surface area contributed by atoms with E-state index in [1.807, 2.05) is 18.2 Å². The first-order chi connectivity index (χ1) is 8.74. The summed E-state index contributed by atoms with van der Waals surface area (Å²) in [5.74, 6) is 1.87. The van der Waals surface area contributed by atoms with Crippen molar-refractivity contribution in [3.05, 3.63) is 28.7 Å². The number of nitrogen functional groups attached to an aromatic ring is 1. The molecule has 3 rings (SSSR count). The van der Waals surface area contributed by atoms with Gasteiger partial charge < -0.3 is 15.0 Å². The second kappa shape index (κ2) is 4.65. The number of hydrogen-bond acceptors (Lipinski definition) is 4. The Kier molecular flexibility index (Phi) is 2.99. The highest BCUT2D eigenvalue weighted by atomic mass is 79.9. The molecule has 1 aliphatic rings. The molecule has 2 N–H and O–H groups in total. The van der Waals surface area contributed by atoms with Crippen molar-refractivity contribution in [3.8, 4) is 17.0 Å². The molecule has 0 radical (unpaired) electrons. The molecule has 18 heavy (non-hydrogen) atoms. The number of nitrogens with two attached hydrogens (primary N) is 1. The van der Waals surface area contributed by atoms with Crippen molar-refractivity contribution >= 4 is 21.8 Å². The minimum absolute atomic E-state index is 0.307. The Balaban J connectivity index is 1.87. The van der Waals surface area contributed by atoms with Crippen LogP contribution in [0.3, 0.4) is 0 Å². The number of ether oxygens (including phenoxy) is 1. The summed E-state index contributed by atoms with van der Waals surface area (Å²) in [5, 5.41) is 3.91. The van der Waals surface area contributed by atoms with Crippen LogP contribution in [0.25, 0.3) is 11.3 Å². The van der Waals surface area contributed by atoms with Gasteiger partial charge in [-0.3, -0.25) is 0 Å². The molecular weight excluding hydrogens is 296 g/mol. The van der Waals surface area contributed by atoms with Gasteiger partial charge in [-0.15, -0.1) is 0 Å². The van der Waals surface area contributed by atoms with E-state index in [4.69, 9.17) is 15.0 Å². The van der Waals surface area contributed by atoms with Gasteiger partial charge in [-0.05, 0) is 40.8 Å². The highest BCUT2D eigenvalue weighted by Crippen LogP contribution is 2.37. The van der Waals surface area contributed by atoms with Gasteiger partial charge >= 0.3 is 0 Å². The van der Waals surface area contributed by atoms with E-state index in [1.165, 1.54) is 12.8 Å². The molecule has 1 aromatic carbocycles. The first-order valence-corrected chi connectivity index (χ1v) is 6.67. The molecule has 2 aromatic rings. The minimum atomic E-state index is 0.307. The molecule has 4 nitrogen and oxygen atoms in total. The summed E-state index contributed by atoms with van der Waals surface area (Å²) in [6.07, 6.45) is 2.55. The molecule has 1 aliphatic carbocycles. The molecule has 1 aromatic heterocycles. The van der Waals surface area contributed by atoms with Gasteiger partial charge in [0.15, 0.2) is 0 Å². The Morgan fingerprint density at radius 3 is 2.94 bits per heavy atom. The summed E-state index contributed by atoms with van der Waals surface area (Å²) >= 11 is 3.55. The molecule has 1 saturated carbocycles. The number of aromatic nitrogens is 1. The van der Waals surface area contributed by atoms with Crippen LogP contribution in [0.1, 0.15) is 12.8 Å². The number of halogens is 1. The molecular formula is C13H13BrN2O2. The summed E-state index contributed by atoms with van der Waals surface area (Å²) in [6, 6.07) is 7.53. The van der Waals surface area contributed by atoms with E-state index in [9.17, 15) is 0 Å². The van der Waals surface area contributed by atoms with Crippen LogP contribution in [-0.2, 0) is 0 Å². The Bertz CT molecular complexity index is 564. The molecule has 94 valence electrons. The maximum Gasteiger partial charge on any atom is 0.222 e. The van der Waals surface area contributed by atoms with Crippen LogP contribution in [0.5, 0.6) is 5.75 Å². The lowest BCUT2D eigenvalue weighted by Crippen LogP contribution is -1.99. The summed E-state index contributed by atoms with van der Waals surface area (Å²) in [4.78, 5) is 0. The maximum atomic E-state index is 5.79. The zero-order chi connectivity index (χ0) is 12.5. The molecule has 0 saturated heterocycles. The van der Waals surface area contributed by atoms with E-state index in [0.29, 0.717) is 11.6 Å². The van der Waals surface area contributed by atoms with Gasteiger partial charge in [0.1, 0.15) is 11.4 Å². The fraction of sp³-hybridized carbons (Fsp3) is 0.308. The Morgan fingerprint density at radius 2 is 2.28 bits per heavy atom. The van der Waals surface area contributed by atoms with Crippen LogP contribution >= 0.6 is 15.9 Å². The smallest absolute Gasteiger partial charge is 0.222 e. The summed E-state index contributed by atoms with van der Waals surface area (Å²) < 4.78 is 11.6. The van der Waals surface area contributed by atoms with Crippen molar-refractivity contribution < 1.29 is 9.26 Å². The van der Waals surface area contributed by atoms with Crippen molar-refractivity contribution in [2.75, 3.05) is 12.3 Å². The van der Waals surface area contributed by atoms with E-state index in [1.54, 1.807) is 6.07 Å². The van der Waals surface area contributed by atoms with Gasteiger partial charge in [0.05, 0.1) is 11.1 Å². The first-order valence-electron chi connectivity index (χ1n) is 5.88. The van der Waals surface area contributed by atoms with Gasteiger partial charge in [-0.2, -0.15) is 0 Å². The zero-order valence-electron chi connectivity index (χ0n) is 9.73. The fourth-order valence-corrected chi connectivity index (χ4v) is 2.31. The van der Waals surface area contributed by atoms with E-state index in [2.05, 4.69) is 21.1 Å². The van der Waals surface area contributed by atoms with Crippen molar-refractivity contribution in [3.63, 3.8) is 0 Å². The highest BCUT2D eigenvalue weighted by molar-refractivity contribution is 9.10. The highest BCUT2D eigenvalue weighted by Gasteiger charge is 2.22. The van der Waals surface area contributed by atoms with E-state index in [-0.39, 0.29) is 0 Å². The molecule has 0 spiro atoms. The minimum Gasteiger partial charge on any atom is -0.492 e. The summed E-state index contributed by atoms with van der Waals surface area (Å²) in [7, 11) is 0. The third-order valence-electron chi connectivity index (χ3n) is 2.94. The second-order valence-corrected chi connectivity index (χ2v) is 5.28. The number of benzene rings is 1. The Hall–Kier alpha value is -1.49. The summed E-state index contributed by atoms with van der Waals surface area (Å²) in [5.41, 5.74) is 7.16. The van der Waals surface area contributed by atoms with E-state index < -0.39 is 0 Å². The standard InChI is InChI=1S/C13H13BrN2O2/c14-13-9(10-6-12(15)18-16-10)2-1-3-11(13)17-7-8-4-5-8/h1-3,6,8H,4-5,7,15H2. The molecule has 0 atom stereocenters. The molecule has 0 unspecified atom stereocenters. The maximum absolute atomic E-state index is 5.79. The van der Waals surface area contributed by atoms with Gasteiger partial charge in [0.2, 0.25) is 5.88 Å². The van der Waals surface area contributed by atoms with Crippen molar-refractivity contribution in [2.24, 2.45) is 5.92 Å². The lowest BCUT2D eigenvalue weighted by atomic mass is 10.1. The number of anilines is 1. The second-order valence-electron chi connectivity index (χ2n) is 4.49. The summed E-state index contributed by atoms with van der Waals surface area (Å²) in [6.45, 7) is 0.781. The van der Waals surface area contributed by atoms with Crippen molar-refractivity contribution in [1.82, 2.24) is 5.16 Å². The third-order valence-corrected chi connectivity index (χ3v) is 3.76. The van der Waals surface area contributed by atoms with E-state index >= 15 is 0 Å².